The quantitative estimate of drug-likeness (QED) is 0.413. The van der Waals surface area contributed by atoms with Gasteiger partial charge in [-0.05, 0) is 50.6 Å². The molecule has 0 saturated carbocycles. The van der Waals surface area contributed by atoms with Gasteiger partial charge in [0.25, 0.3) is 10.0 Å². The fourth-order valence-electron chi connectivity index (χ4n) is 3.81. The molecule has 1 atom stereocenters. The number of aryl methyl sites for hydroxylation is 1. The number of hydrogen-bond donors (Lipinski definition) is 1. The van der Waals surface area contributed by atoms with Crippen LogP contribution in [0.25, 0.3) is 0 Å². The van der Waals surface area contributed by atoms with Crippen LogP contribution in [0.3, 0.4) is 0 Å². The molecule has 0 unspecified atom stereocenters. The number of nitrogens with zero attached hydrogens (tertiary/aromatic N) is 2. The van der Waals surface area contributed by atoms with Crippen LogP contribution in [0.15, 0.2) is 83.8 Å². The van der Waals surface area contributed by atoms with Gasteiger partial charge in [0, 0.05) is 19.2 Å². The van der Waals surface area contributed by atoms with E-state index in [1.54, 1.807) is 56.3 Å². The molecular weight excluding hydrogens is 490 g/mol. The molecule has 3 aromatic carbocycles. The molecular formula is C28H33N3O5S. The predicted molar refractivity (Wildman–Crippen MR) is 144 cm³/mol. The van der Waals surface area contributed by atoms with Gasteiger partial charge in [-0.1, -0.05) is 54.1 Å². The Morgan fingerprint density at radius 2 is 1.65 bits per heavy atom. The number of anilines is 1. The minimum atomic E-state index is -4.11. The number of methoxy groups -OCH3 is 1. The van der Waals surface area contributed by atoms with Crippen molar-refractivity contribution in [2.45, 2.75) is 38.3 Å². The molecule has 0 aliphatic heterocycles. The number of likely N-dealkylation sites (N-methyl/N-ethyl adjacent to an activating group) is 1. The maximum atomic E-state index is 13.8. The number of sulfonamides is 1. The van der Waals surface area contributed by atoms with Gasteiger partial charge < -0.3 is 15.0 Å². The predicted octanol–water partition coefficient (Wildman–Crippen LogP) is 3.75. The van der Waals surface area contributed by atoms with Crippen LogP contribution in [0.2, 0.25) is 0 Å². The van der Waals surface area contributed by atoms with Gasteiger partial charge in [-0.15, -0.1) is 0 Å². The van der Waals surface area contributed by atoms with Crippen molar-refractivity contribution >= 4 is 27.5 Å². The molecule has 3 rings (SSSR count). The summed E-state index contributed by atoms with van der Waals surface area (Å²) in [5.41, 5.74) is 2.17. The summed E-state index contributed by atoms with van der Waals surface area (Å²) in [5, 5.41) is 2.75. The second-order valence-corrected chi connectivity index (χ2v) is 10.5. The lowest BCUT2D eigenvalue weighted by Gasteiger charge is -2.32. The molecule has 0 radical (unpaired) electrons. The summed E-state index contributed by atoms with van der Waals surface area (Å²) in [6.07, 6.45) is 0. The van der Waals surface area contributed by atoms with E-state index in [1.807, 2.05) is 31.2 Å². The van der Waals surface area contributed by atoms with Crippen LogP contribution in [0.1, 0.15) is 25.0 Å². The summed E-state index contributed by atoms with van der Waals surface area (Å²) < 4.78 is 33.8. The highest BCUT2D eigenvalue weighted by molar-refractivity contribution is 7.92. The molecule has 0 bridgehead atoms. The third-order valence-electron chi connectivity index (χ3n) is 5.94. The van der Waals surface area contributed by atoms with Crippen molar-refractivity contribution in [3.05, 3.63) is 90.0 Å². The Balaban J connectivity index is 2.03. The molecule has 37 heavy (non-hydrogen) atoms. The van der Waals surface area contributed by atoms with Crippen molar-refractivity contribution in [2.75, 3.05) is 24.5 Å². The zero-order chi connectivity index (χ0) is 27.0. The zero-order valence-corrected chi connectivity index (χ0v) is 22.4. The lowest BCUT2D eigenvalue weighted by atomic mass is 10.1. The Morgan fingerprint density at radius 1 is 0.973 bits per heavy atom. The molecule has 3 aromatic rings. The highest BCUT2D eigenvalue weighted by Gasteiger charge is 2.32. The van der Waals surface area contributed by atoms with Crippen LogP contribution in [0, 0.1) is 6.92 Å². The molecule has 0 aliphatic carbocycles. The third-order valence-corrected chi connectivity index (χ3v) is 7.73. The maximum absolute atomic E-state index is 13.8. The Bertz CT molecular complexity index is 1310. The van der Waals surface area contributed by atoms with Crippen molar-refractivity contribution in [1.29, 1.82) is 0 Å². The number of rotatable bonds is 11. The Kier molecular flexibility index (Phi) is 9.30. The summed E-state index contributed by atoms with van der Waals surface area (Å²) in [6.45, 7) is 5.46. The summed E-state index contributed by atoms with van der Waals surface area (Å²) in [5.74, 6) is -0.381. The standard InChI is InChI=1S/C28H33N3O5S/c1-5-29-28(33)22(3)30(19-23-16-14-21(2)15-17-23)27(32)20-31(24-10-9-11-25(18-24)36-4)37(34,35)26-12-7-6-8-13-26/h6-18,22H,5,19-20H2,1-4H3,(H,29,33)/t22-/m0/s1. The number of amides is 2. The number of benzene rings is 3. The van der Waals surface area contributed by atoms with Gasteiger partial charge in [0.05, 0.1) is 17.7 Å². The first-order valence-electron chi connectivity index (χ1n) is 12.0. The molecule has 0 heterocycles. The van der Waals surface area contributed by atoms with Crippen LogP contribution in [-0.2, 0) is 26.2 Å². The maximum Gasteiger partial charge on any atom is 0.264 e. The summed E-state index contributed by atoms with van der Waals surface area (Å²) >= 11 is 0. The van der Waals surface area contributed by atoms with Gasteiger partial charge in [0.1, 0.15) is 18.3 Å². The number of hydrogen-bond acceptors (Lipinski definition) is 5. The third kappa shape index (κ3) is 6.89. The first-order chi connectivity index (χ1) is 17.7. The number of carbonyl (C=O) groups is 2. The Morgan fingerprint density at radius 3 is 2.27 bits per heavy atom. The van der Waals surface area contributed by atoms with Crippen LogP contribution in [-0.4, -0.2) is 51.4 Å². The summed E-state index contributed by atoms with van der Waals surface area (Å²) in [4.78, 5) is 28.0. The first kappa shape index (κ1) is 27.7. The fourth-order valence-corrected chi connectivity index (χ4v) is 5.24. The second-order valence-electron chi connectivity index (χ2n) is 8.60. The molecule has 1 N–H and O–H groups in total. The smallest absolute Gasteiger partial charge is 0.264 e. The number of ether oxygens (including phenoxy) is 1. The molecule has 196 valence electrons. The number of nitrogens with one attached hydrogen (secondary N) is 1. The molecule has 0 aliphatic rings. The monoisotopic (exact) mass is 523 g/mol. The lowest BCUT2D eigenvalue weighted by molar-refractivity contribution is -0.139. The van der Waals surface area contributed by atoms with E-state index in [1.165, 1.54) is 24.1 Å². The average molecular weight is 524 g/mol. The lowest BCUT2D eigenvalue weighted by Crippen LogP contribution is -2.51. The second kappa shape index (κ2) is 12.4. The molecule has 8 nitrogen and oxygen atoms in total. The SMILES string of the molecule is CCNC(=O)[C@H](C)N(Cc1ccc(C)cc1)C(=O)CN(c1cccc(OC)c1)S(=O)(=O)c1ccccc1. The highest BCUT2D eigenvalue weighted by Crippen LogP contribution is 2.27. The largest absolute Gasteiger partial charge is 0.497 e. The van der Waals surface area contributed by atoms with E-state index in [0.29, 0.717) is 12.3 Å². The minimum Gasteiger partial charge on any atom is -0.497 e. The van der Waals surface area contributed by atoms with Crippen LogP contribution in [0.5, 0.6) is 5.75 Å². The summed E-state index contributed by atoms with van der Waals surface area (Å²) in [6, 6.07) is 21.3. The van der Waals surface area contributed by atoms with Gasteiger partial charge in [-0.3, -0.25) is 13.9 Å². The van der Waals surface area contributed by atoms with Gasteiger partial charge >= 0.3 is 0 Å². The Hall–Kier alpha value is -3.85. The average Bonchev–Trinajstić information content (AvgIpc) is 2.91. The molecule has 0 spiro atoms. The van der Waals surface area contributed by atoms with Gasteiger partial charge in [-0.2, -0.15) is 0 Å². The van der Waals surface area contributed by atoms with E-state index >= 15 is 0 Å². The van der Waals surface area contributed by atoms with Crippen molar-refractivity contribution in [2.24, 2.45) is 0 Å². The normalized spacial score (nSPS) is 11.9. The minimum absolute atomic E-state index is 0.0486. The van der Waals surface area contributed by atoms with Gasteiger partial charge in [-0.25, -0.2) is 8.42 Å². The molecule has 9 heteroatoms. The van der Waals surface area contributed by atoms with Crippen molar-refractivity contribution in [3.63, 3.8) is 0 Å². The molecule has 0 fully saturated rings. The van der Waals surface area contributed by atoms with Crippen molar-refractivity contribution in [1.82, 2.24) is 10.2 Å². The Labute approximate surface area is 218 Å². The van der Waals surface area contributed by atoms with E-state index in [4.69, 9.17) is 4.74 Å². The fraction of sp³-hybridized carbons (Fsp3) is 0.286. The zero-order valence-electron chi connectivity index (χ0n) is 21.5. The van der Waals surface area contributed by atoms with E-state index in [-0.39, 0.29) is 23.0 Å². The topological polar surface area (TPSA) is 96.0 Å². The highest BCUT2D eigenvalue weighted by atomic mass is 32.2. The molecule has 0 aromatic heterocycles. The van der Waals surface area contributed by atoms with Crippen molar-refractivity contribution < 1.29 is 22.7 Å². The van der Waals surface area contributed by atoms with Crippen LogP contribution in [0.4, 0.5) is 5.69 Å². The van der Waals surface area contributed by atoms with E-state index < -0.39 is 28.5 Å². The van der Waals surface area contributed by atoms with E-state index in [0.717, 1.165) is 15.4 Å². The van der Waals surface area contributed by atoms with E-state index in [9.17, 15) is 18.0 Å². The molecule has 2 amide bonds. The van der Waals surface area contributed by atoms with Gasteiger partial charge in [0.15, 0.2) is 0 Å². The summed E-state index contributed by atoms with van der Waals surface area (Å²) in [7, 11) is -2.63. The first-order valence-corrected chi connectivity index (χ1v) is 13.5. The van der Waals surface area contributed by atoms with Crippen molar-refractivity contribution in [3.8, 4) is 5.75 Å². The number of carbonyl (C=O) groups excluding carboxylic acids is 2. The molecule has 0 saturated heterocycles. The van der Waals surface area contributed by atoms with Gasteiger partial charge in [0.2, 0.25) is 11.8 Å². The van der Waals surface area contributed by atoms with Crippen LogP contribution < -0.4 is 14.4 Å². The van der Waals surface area contributed by atoms with E-state index in [2.05, 4.69) is 5.32 Å². The van der Waals surface area contributed by atoms with Crippen LogP contribution >= 0.6 is 0 Å².